The van der Waals surface area contributed by atoms with Gasteiger partial charge < -0.3 is 4.74 Å². The average Bonchev–Trinajstić information content (AvgIpc) is 2.61. The molecule has 126 valence electrons. The van der Waals surface area contributed by atoms with Crippen LogP contribution in [0.2, 0.25) is 0 Å². The van der Waals surface area contributed by atoms with Crippen molar-refractivity contribution < 1.29 is 9.53 Å². The van der Waals surface area contributed by atoms with Gasteiger partial charge in [-0.2, -0.15) is 0 Å². The molecular weight excluding hydrogens is 296 g/mol. The molecule has 0 N–H and O–H groups in total. The number of benzene rings is 2. The molecule has 0 aliphatic carbocycles. The molecule has 0 heterocycles. The van der Waals surface area contributed by atoms with Gasteiger partial charge >= 0.3 is 5.97 Å². The second-order valence-electron chi connectivity index (χ2n) is 6.42. The van der Waals surface area contributed by atoms with Crippen molar-refractivity contribution in [3.05, 3.63) is 83.6 Å². The van der Waals surface area contributed by atoms with Crippen molar-refractivity contribution >= 4 is 5.97 Å². The lowest BCUT2D eigenvalue weighted by Gasteiger charge is -2.11. The van der Waals surface area contributed by atoms with Gasteiger partial charge in [-0.15, -0.1) is 0 Å². The summed E-state index contributed by atoms with van der Waals surface area (Å²) in [6.07, 6.45) is 4.56. The maximum absolute atomic E-state index is 11.8. The Bertz CT molecular complexity index is 671. The van der Waals surface area contributed by atoms with E-state index in [1.807, 2.05) is 36.4 Å². The van der Waals surface area contributed by atoms with Gasteiger partial charge in [0.15, 0.2) is 0 Å². The molecule has 0 aliphatic rings. The van der Waals surface area contributed by atoms with Crippen LogP contribution in [0, 0.1) is 0 Å². The Labute approximate surface area is 145 Å². The number of carbonyl (C=O) groups excluding carboxylic acids is 1. The molecule has 0 bridgehead atoms. The second kappa shape index (κ2) is 9.07. The topological polar surface area (TPSA) is 26.3 Å². The summed E-state index contributed by atoms with van der Waals surface area (Å²) in [5.41, 5.74) is 3.71. The maximum atomic E-state index is 11.8. The first kappa shape index (κ1) is 18.0. The minimum Gasteiger partial charge on any atom is -0.435 e. The van der Waals surface area contributed by atoms with Gasteiger partial charge in [0.2, 0.25) is 0 Å². The molecule has 1 unspecified atom stereocenters. The summed E-state index contributed by atoms with van der Waals surface area (Å²) in [4.78, 5) is 11.8. The molecule has 0 amide bonds. The number of carbonyl (C=O) groups is 1. The molecule has 2 aromatic rings. The second-order valence-corrected chi connectivity index (χ2v) is 6.42. The first-order valence-electron chi connectivity index (χ1n) is 8.56. The zero-order chi connectivity index (χ0) is 17.4. The molecule has 0 radical (unpaired) electrons. The van der Waals surface area contributed by atoms with Crippen LogP contribution < -0.4 is 0 Å². The number of aryl methyl sites for hydroxylation is 1. The van der Waals surface area contributed by atoms with Crippen molar-refractivity contribution in [1.82, 2.24) is 0 Å². The summed E-state index contributed by atoms with van der Waals surface area (Å²) in [7, 11) is 0. The monoisotopic (exact) mass is 322 g/mol. The van der Waals surface area contributed by atoms with E-state index >= 15 is 0 Å². The van der Waals surface area contributed by atoms with Crippen LogP contribution >= 0.6 is 0 Å². The van der Waals surface area contributed by atoms with Crippen LogP contribution in [0.1, 0.15) is 55.7 Å². The highest BCUT2D eigenvalue weighted by Gasteiger charge is 2.06. The zero-order valence-corrected chi connectivity index (χ0v) is 14.7. The van der Waals surface area contributed by atoms with E-state index in [0.29, 0.717) is 18.8 Å². The van der Waals surface area contributed by atoms with Gasteiger partial charge in [0, 0.05) is 12.3 Å². The predicted octanol–water partition coefficient (Wildman–Crippen LogP) is 5.60. The lowest BCUT2D eigenvalue weighted by atomic mass is 9.95. The van der Waals surface area contributed by atoms with E-state index in [0.717, 1.165) is 5.56 Å². The van der Waals surface area contributed by atoms with E-state index < -0.39 is 0 Å². The number of esters is 1. The number of hydrogen-bond acceptors (Lipinski definition) is 2. The van der Waals surface area contributed by atoms with Crippen LogP contribution in [0.25, 0.3) is 0 Å². The fourth-order valence-electron chi connectivity index (χ4n) is 2.50. The average molecular weight is 322 g/mol. The molecule has 0 spiro atoms. The van der Waals surface area contributed by atoms with Crippen LogP contribution in [0.5, 0.6) is 0 Å². The third kappa shape index (κ3) is 5.69. The first-order valence-corrected chi connectivity index (χ1v) is 8.56. The summed E-state index contributed by atoms with van der Waals surface area (Å²) in [5, 5.41) is 0. The summed E-state index contributed by atoms with van der Waals surface area (Å²) in [6.45, 7) is 6.48. The molecule has 2 aromatic carbocycles. The highest BCUT2D eigenvalue weighted by molar-refractivity contribution is 5.70. The Morgan fingerprint density at radius 1 is 1.00 bits per heavy atom. The molecule has 0 aliphatic heterocycles. The van der Waals surface area contributed by atoms with Crippen molar-refractivity contribution in [3.63, 3.8) is 0 Å². The van der Waals surface area contributed by atoms with Gasteiger partial charge in [-0.25, -0.2) is 0 Å². The molecule has 2 nitrogen and oxygen atoms in total. The summed E-state index contributed by atoms with van der Waals surface area (Å²) < 4.78 is 5.21. The smallest absolute Gasteiger partial charge is 0.310 e. The molecule has 0 saturated heterocycles. The minimum absolute atomic E-state index is 0.196. The Balaban J connectivity index is 1.82. The lowest BCUT2D eigenvalue weighted by molar-refractivity contribution is -0.138. The van der Waals surface area contributed by atoms with E-state index in [4.69, 9.17) is 4.74 Å². The summed E-state index contributed by atoms with van der Waals surface area (Å²) >= 11 is 0. The van der Waals surface area contributed by atoms with Crippen LogP contribution in [-0.2, 0) is 16.0 Å². The van der Waals surface area contributed by atoms with Crippen molar-refractivity contribution in [2.75, 3.05) is 0 Å². The minimum atomic E-state index is -0.196. The highest BCUT2D eigenvalue weighted by atomic mass is 16.5. The van der Waals surface area contributed by atoms with Crippen molar-refractivity contribution in [2.24, 2.45) is 0 Å². The van der Waals surface area contributed by atoms with Gasteiger partial charge in [0.1, 0.15) is 0 Å². The molecule has 1 atom stereocenters. The third-order valence-corrected chi connectivity index (χ3v) is 4.13. The highest BCUT2D eigenvalue weighted by Crippen LogP contribution is 2.22. The number of ether oxygens (including phenoxy) is 1. The number of allylic oxidation sites excluding steroid dienone is 1. The van der Waals surface area contributed by atoms with Crippen molar-refractivity contribution in [1.29, 1.82) is 0 Å². The van der Waals surface area contributed by atoms with Crippen LogP contribution in [0.15, 0.2) is 66.9 Å². The first-order chi connectivity index (χ1) is 11.6. The Morgan fingerprint density at radius 2 is 1.71 bits per heavy atom. The van der Waals surface area contributed by atoms with Gasteiger partial charge in [0.25, 0.3) is 0 Å². The van der Waals surface area contributed by atoms with Crippen LogP contribution in [0.3, 0.4) is 0 Å². The van der Waals surface area contributed by atoms with Crippen LogP contribution in [-0.4, -0.2) is 5.97 Å². The Hall–Kier alpha value is -2.35. The van der Waals surface area contributed by atoms with E-state index in [9.17, 15) is 4.79 Å². The molecule has 2 heteroatoms. The maximum Gasteiger partial charge on any atom is 0.310 e. The van der Waals surface area contributed by atoms with Crippen molar-refractivity contribution in [2.45, 2.75) is 45.4 Å². The van der Waals surface area contributed by atoms with Gasteiger partial charge in [0.05, 0.1) is 6.26 Å². The Morgan fingerprint density at radius 3 is 2.42 bits per heavy atom. The molecule has 0 fully saturated rings. The summed E-state index contributed by atoms with van der Waals surface area (Å²) in [5.74, 6) is 0.529. The number of hydrogen-bond donors (Lipinski definition) is 0. The normalized spacial score (nSPS) is 12.5. The fourth-order valence-corrected chi connectivity index (χ4v) is 2.50. The van der Waals surface area contributed by atoms with Crippen LogP contribution in [0.4, 0.5) is 0 Å². The fraction of sp³-hybridized carbons (Fsp3) is 0.318. The largest absolute Gasteiger partial charge is 0.435 e. The Kier molecular flexibility index (Phi) is 6.80. The van der Waals surface area contributed by atoms with Gasteiger partial charge in [-0.1, -0.05) is 75.4 Å². The number of rotatable bonds is 7. The molecule has 24 heavy (non-hydrogen) atoms. The van der Waals surface area contributed by atoms with E-state index in [1.165, 1.54) is 17.4 Å². The molecular formula is C22H26O2. The third-order valence-electron chi connectivity index (χ3n) is 4.13. The standard InChI is InChI=1S/C22H26O2/c1-17(2)20-10-7-11-21(16-20)18(3)14-15-24-22(23)13-12-19-8-5-4-6-9-19/h4-11,14-18H,12-13H2,1-3H3/b15-14+. The molecule has 2 rings (SSSR count). The predicted molar refractivity (Wildman–Crippen MR) is 98.9 cm³/mol. The van der Waals surface area contributed by atoms with E-state index in [2.05, 4.69) is 45.0 Å². The molecule has 0 saturated carbocycles. The summed E-state index contributed by atoms with van der Waals surface area (Å²) in [6, 6.07) is 18.5. The van der Waals surface area contributed by atoms with E-state index in [-0.39, 0.29) is 11.9 Å². The molecule has 0 aromatic heterocycles. The quantitative estimate of drug-likeness (QED) is 0.489. The lowest BCUT2D eigenvalue weighted by Crippen LogP contribution is -2.02. The van der Waals surface area contributed by atoms with Crippen molar-refractivity contribution in [3.8, 4) is 0 Å². The SMILES string of the molecule is CC(C)c1cccc(C(C)/C=C/OC(=O)CCc2ccccc2)c1. The van der Waals surface area contributed by atoms with E-state index in [1.54, 1.807) is 0 Å². The van der Waals surface area contributed by atoms with Gasteiger partial charge in [-0.05, 0) is 35.1 Å². The van der Waals surface area contributed by atoms with Gasteiger partial charge in [-0.3, -0.25) is 4.79 Å². The zero-order valence-electron chi connectivity index (χ0n) is 14.7.